The quantitative estimate of drug-likeness (QED) is 0.398. The first-order chi connectivity index (χ1) is 16.7. The number of hydrogen-bond donors (Lipinski definition) is 1. The van der Waals surface area contributed by atoms with E-state index in [4.69, 9.17) is 0 Å². The van der Waals surface area contributed by atoms with Gasteiger partial charge in [0.05, 0.1) is 16.8 Å². The van der Waals surface area contributed by atoms with Gasteiger partial charge in [-0.1, -0.05) is 25.1 Å². The third kappa shape index (κ3) is 6.13. The summed E-state index contributed by atoms with van der Waals surface area (Å²) in [6, 6.07) is 12.3. The Balaban J connectivity index is 1.70. The van der Waals surface area contributed by atoms with Gasteiger partial charge < -0.3 is 4.90 Å². The van der Waals surface area contributed by atoms with Crippen molar-refractivity contribution in [1.29, 1.82) is 5.26 Å². The van der Waals surface area contributed by atoms with E-state index in [1.54, 1.807) is 36.4 Å². The van der Waals surface area contributed by atoms with E-state index < -0.39 is 22.0 Å². The molecular formula is C24H29N5O4S2. The Labute approximate surface area is 210 Å². The van der Waals surface area contributed by atoms with Gasteiger partial charge in [0, 0.05) is 32.5 Å². The van der Waals surface area contributed by atoms with Crippen molar-refractivity contribution in [2.45, 2.75) is 37.6 Å². The molecule has 0 unspecified atom stereocenters. The smallest absolute Gasteiger partial charge is 0.325 e. The zero-order valence-corrected chi connectivity index (χ0v) is 21.7. The fourth-order valence-corrected chi connectivity index (χ4v) is 5.46. The lowest BCUT2D eigenvalue weighted by Crippen LogP contribution is -2.47. The number of ketones is 1. The Bertz CT molecular complexity index is 1220. The first kappa shape index (κ1) is 26.5. The second-order valence-corrected chi connectivity index (χ2v) is 10.7. The number of nitriles is 1. The number of rotatable bonds is 9. The number of pyridine rings is 1. The third-order valence-electron chi connectivity index (χ3n) is 5.93. The lowest BCUT2D eigenvalue weighted by molar-refractivity contribution is -0.123. The van der Waals surface area contributed by atoms with Gasteiger partial charge >= 0.3 is 10.2 Å². The molecule has 1 N–H and O–H groups in total. The topological polar surface area (TPSA) is 123 Å². The molecule has 0 saturated carbocycles. The van der Waals surface area contributed by atoms with E-state index in [0.717, 1.165) is 4.31 Å². The van der Waals surface area contributed by atoms with Gasteiger partial charge in [-0.05, 0) is 43.7 Å². The molecule has 1 fully saturated rings. The summed E-state index contributed by atoms with van der Waals surface area (Å²) in [6.07, 6.45) is 3.76. The van der Waals surface area contributed by atoms with Crippen LogP contribution in [0.5, 0.6) is 0 Å². The minimum Gasteiger partial charge on any atom is -0.355 e. The standard InChI is InChI=1S/C24H29N5O4S2/c1-4-8-21(30)20-15-18(16-25)22(26-24(20)34-3)29-13-11-17(12-14-29)23(31)27-35(32,33)28(2)19-9-6-5-7-10-19/h5-7,9-10,15,17H,4,8,11-14H2,1-3H3,(H,27,31). The van der Waals surface area contributed by atoms with Crippen molar-refractivity contribution in [3.63, 3.8) is 0 Å². The van der Waals surface area contributed by atoms with E-state index in [9.17, 15) is 23.3 Å². The molecule has 186 valence electrons. The van der Waals surface area contributed by atoms with Crippen LogP contribution in [0.2, 0.25) is 0 Å². The zero-order valence-electron chi connectivity index (χ0n) is 20.0. The van der Waals surface area contributed by atoms with Gasteiger partial charge in [-0.15, -0.1) is 11.8 Å². The van der Waals surface area contributed by atoms with Crippen molar-refractivity contribution in [3.05, 3.63) is 47.5 Å². The zero-order chi connectivity index (χ0) is 25.6. The molecule has 0 spiro atoms. The summed E-state index contributed by atoms with van der Waals surface area (Å²) in [7, 11) is -2.65. The van der Waals surface area contributed by atoms with E-state index in [1.807, 2.05) is 18.1 Å². The molecule has 1 aliphatic heterocycles. The van der Waals surface area contributed by atoms with Crippen molar-refractivity contribution in [1.82, 2.24) is 9.71 Å². The van der Waals surface area contributed by atoms with Crippen molar-refractivity contribution < 1.29 is 18.0 Å². The van der Waals surface area contributed by atoms with Crippen LogP contribution < -0.4 is 13.9 Å². The van der Waals surface area contributed by atoms with E-state index >= 15 is 0 Å². The van der Waals surface area contributed by atoms with E-state index in [2.05, 4.69) is 15.8 Å². The summed E-state index contributed by atoms with van der Waals surface area (Å²) < 4.78 is 28.5. The summed E-state index contributed by atoms with van der Waals surface area (Å²) in [5.74, 6) is -0.586. The number of thioether (sulfide) groups is 1. The fraction of sp³-hybridized carbons (Fsp3) is 0.417. The number of carbonyl (C=O) groups excluding carboxylic acids is 2. The summed E-state index contributed by atoms with van der Waals surface area (Å²) in [6.45, 7) is 2.80. The Morgan fingerprint density at radius 2 is 1.91 bits per heavy atom. The number of para-hydroxylation sites is 1. The highest BCUT2D eigenvalue weighted by atomic mass is 32.2. The van der Waals surface area contributed by atoms with Crippen molar-refractivity contribution >= 4 is 45.2 Å². The molecule has 0 aliphatic carbocycles. The molecule has 1 saturated heterocycles. The van der Waals surface area contributed by atoms with Crippen molar-refractivity contribution in [2.24, 2.45) is 5.92 Å². The maximum absolute atomic E-state index is 12.8. The average molecular weight is 516 g/mol. The van der Waals surface area contributed by atoms with Crippen molar-refractivity contribution in [2.75, 3.05) is 35.6 Å². The Morgan fingerprint density at radius 1 is 1.26 bits per heavy atom. The summed E-state index contributed by atoms with van der Waals surface area (Å²) >= 11 is 1.36. The van der Waals surface area contributed by atoms with Crippen LogP contribution in [0.1, 0.15) is 48.5 Å². The number of aromatic nitrogens is 1. The van der Waals surface area contributed by atoms with Crippen LogP contribution in [0.15, 0.2) is 41.4 Å². The van der Waals surface area contributed by atoms with Crippen LogP contribution in [0, 0.1) is 17.2 Å². The number of piperidine rings is 1. The fourth-order valence-electron chi connectivity index (χ4n) is 3.94. The Morgan fingerprint density at radius 3 is 2.49 bits per heavy atom. The van der Waals surface area contributed by atoms with Gasteiger partial charge in [-0.25, -0.2) is 9.71 Å². The highest BCUT2D eigenvalue weighted by molar-refractivity contribution is 7.98. The molecule has 0 bridgehead atoms. The summed E-state index contributed by atoms with van der Waals surface area (Å²) in [4.78, 5) is 31.8. The van der Waals surface area contributed by atoms with Crippen LogP contribution in [0.3, 0.4) is 0 Å². The van der Waals surface area contributed by atoms with E-state index in [0.29, 0.717) is 66.4 Å². The van der Waals surface area contributed by atoms with Gasteiger partial charge in [-0.2, -0.15) is 13.7 Å². The first-order valence-corrected chi connectivity index (χ1v) is 14.0. The third-order valence-corrected chi connectivity index (χ3v) is 8.02. The second-order valence-electron chi connectivity index (χ2n) is 8.24. The number of benzene rings is 1. The average Bonchev–Trinajstić information content (AvgIpc) is 2.87. The molecule has 0 radical (unpaired) electrons. The number of amides is 1. The Hall–Kier alpha value is -3.10. The molecule has 0 atom stereocenters. The minimum absolute atomic E-state index is 0.0375. The monoisotopic (exact) mass is 515 g/mol. The van der Waals surface area contributed by atoms with Gasteiger partial charge in [-0.3, -0.25) is 13.9 Å². The molecular weight excluding hydrogens is 486 g/mol. The number of nitrogens with zero attached hydrogens (tertiary/aromatic N) is 4. The maximum Gasteiger partial charge on any atom is 0.325 e. The molecule has 1 aromatic heterocycles. The van der Waals surface area contributed by atoms with Crippen LogP contribution in [0.4, 0.5) is 11.5 Å². The number of anilines is 2. The van der Waals surface area contributed by atoms with Crippen LogP contribution in [0.25, 0.3) is 0 Å². The summed E-state index contributed by atoms with van der Waals surface area (Å²) in [5, 5.41) is 10.3. The SMILES string of the molecule is CCCC(=O)c1cc(C#N)c(N2CCC(C(=O)NS(=O)(=O)N(C)c3ccccc3)CC2)nc1SC. The van der Waals surface area contributed by atoms with Gasteiger partial charge in [0.2, 0.25) is 5.91 Å². The molecule has 1 aliphatic rings. The van der Waals surface area contributed by atoms with Crippen molar-refractivity contribution in [3.8, 4) is 6.07 Å². The maximum atomic E-state index is 12.8. The van der Waals surface area contributed by atoms with Gasteiger partial charge in [0.1, 0.15) is 16.9 Å². The molecule has 3 rings (SSSR count). The minimum atomic E-state index is -4.03. The number of Topliss-reactive ketones (excluding diaryl/α,β-unsaturated/α-hetero) is 1. The van der Waals surface area contributed by atoms with Gasteiger partial charge in [0.15, 0.2) is 5.78 Å². The van der Waals surface area contributed by atoms with Crippen LogP contribution in [-0.2, 0) is 15.0 Å². The second kappa shape index (κ2) is 11.6. The molecule has 2 aromatic rings. The normalized spacial score (nSPS) is 14.3. The first-order valence-electron chi connectivity index (χ1n) is 11.3. The van der Waals surface area contributed by atoms with E-state index in [1.165, 1.54) is 18.8 Å². The predicted octanol–water partition coefficient (Wildman–Crippen LogP) is 3.37. The Kier molecular flexibility index (Phi) is 8.75. The molecule has 35 heavy (non-hydrogen) atoms. The molecule has 1 amide bonds. The van der Waals surface area contributed by atoms with Crippen LogP contribution in [-0.4, -0.2) is 51.5 Å². The summed E-state index contributed by atoms with van der Waals surface area (Å²) in [5.41, 5.74) is 1.22. The molecule has 11 heteroatoms. The number of carbonyl (C=O) groups is 2. The predicted molar refractivity (Wildman–Crippen MR) is 137 cm³/mol. The lowest BCUT2D eigenvalue weighted by atomic mass is 9.96. The number of hydrogen-bond acceptors (Lipinski definition) is 8. The molecule has 9 nitrogen and oxygen atoms in total. The largest absolute Gasteiger partial charge is 0.355 e. The number of nitrogens with one attached hydrogen (secondary N) is 1. The molecule has 2 heterocycles. The highest BCUT2D eigenvalue weighted by Crippen LogP contribution is 2.30. The van der Waals surface area contributed by atoms with Gasteiger partial charge in [0.25, 0.3) is 0 Å². The lowest BCUT2D eigenvalue weighted by Gasteiger charge is -2.33. The van der Waals surface area contributed by atoms with Crippen LogP contribution >= 0.6 is 11.8 Å². The highest BCUT2D eigenvalue weighted by Gasteiger charge is 2.31. The molecule has 1 aromatic carbocycles. The van der Waals surface area contributed by atoms with E-state index in [-0.39, 0.29) is 5.78 Å².